The van der Waals surface area contributed by atoms with Crippen LogP contribution in [0.5, 0.6) is 5.75 Å². The number of hydrogen-bond donors (Lipinski definition) is 1. The summed E-state index contributed by atoms with van der Waals surface area (Å²) in [4.78, 5) is 30.4. The van der Waals surface area contributed by atoms with E-state index < -0.39 is 5.60 Å². The van der Waals surface area contributed by atoms with E-state index in [1.807, 2.05) is 65.0 Å². The first-order valence-corrected chi connectivity index (χ1v) is 10.5. The van der Waals surface area contributed by atoms with E-state index in [9.17, 15) is 9.59 Å². The van der Waals surface area contributed by atoms with Crippen LogP contribution in [0.1, 0.15) is 43.9 Å². The molecular formula is C24H33N3O4. The summed E-state index contributed by atoms with van der Waals surface area (Å²) in [5, 5.41) is 2.84. The van der Waals surface area contributed by atoms with Crippen molar-refractivity contribution in [3.63, 3.8) is 0 Å². The molecule has 0 saturated heterocycles. The van der Waals surface area contributed by atoms with Gasteiger partial charge >= 0.3 is 6.09 Å². The van der Waals surface area contributed by atoms with Crippen LogP contribution < -0.4 is 10.1 Å². The highest BCUT2D eigenvalue weighted by Gasteiger charge is 2.22. The number of aromatic nitrogens is 1. The Labute approximate surface area is 184 Å². The summed E-state index contributed by atoms with van der Waals surface area (Å²) in [6, 6.07) is 9.58. The zero-order valence-corrected chi connectivity index (χ0v) is 19.1. The normalized spacial score (nSPS) is 11.0. The molecule has 168 valence electrons. The lowest BCUT2D eigenvalue weighted by molar-refractivity contribution is -0.123. The lowest BCUT2D eigenvalue weighted by atomic mass is 10.1. The van der Waals surface area contributed by atoms with E-state index in [1.54, 1.807) is 17.3 Å². The Hall–Kier alpha value is -3.09. The molecule has 1 heterocycles. The Kier molecular flexibility index (Phi) is 8.85. The largest absolute Gasteiger partial charge is 0.484 e. The van der Waals surface area contributed by atoms with Crippen LogP contribution in [0.3, 0.4) is 0 Å². The van der Waals surface area contributed by atoms with Crippen molar-refractivity contribution in [3.8, 4) is 5.75 Å². The third-order valence-corrected chi connectivity index (χ3v) is 4.36. The number of hydrogen-bond acceptors (Lipinski definition) is 5. The molecule has 0 bridgehead atoms. The first kappa shape index (κ1) is 24.2. The number of benzene rings is 1. The van der Waals surface area contributed by atoms with Gasteiger partial charge in [-0.2, -0.15) is 0 Å². The molecule has 1 N–H and O–H groups in total. The maximum absolute atomic E-state index is 12.6. The van der Waals surface area contributed by atoms with Crippen LogP contribution in [0.4, 0.5) is 4.79 Å². The predicted octanol–water partition coefficient (Wildman–Crippen LogP) is 4.02. The summed E-state index contributed by atoms with van der Waals surface area (Å²) < 4.78 is 11.1. The van der Waals surface area contributed by atoms with Crippen molar-refractivity contribution in [1.82, 2.24) is 15.2 Å². The highest BCUT2D eigenvalue weighted by Crippen LogP contribution is 2.18. The minimum absolute atomic E-state index is 0.0463. The Morgan fingerprint density at radius 1 is 1.16 bits per heavy atom. The van der Waals surface area contributed by atoms with Crippen molar-refractivity contribution in [1.29, 1.82) is 0 Å². The lowest BCUT2D eigenvalue weighted by Gasteiger charge is -2.27. The van der Waals surface area contributed by atoms with E-state index in [0.29, 0.717) is 31.8 Å². The first-order valence-electron chi connectivity index (χ1n) is 10.5. The van der Waals surface area contributed by atoms with Gasteiger partial charge < -0.3 is 19.7 Å². The minimum Gasteiger partial charge on any atom is -0.484 e. The zero-order valence-electron chi connectivity index (χ0n) is 19.1. The van der Waals surface area contributed by atoms with Gasteiger partial charge in [-0.25, -0.2) is 4.79 Å². The summed E-state index contributed by atoms with van der Waals surface area (Å²) in [7, 11) is 0. The van der Waals surface area contributed by atoms with E-state index in [4.69, 9.17) is 9.47 Å². The molecule has 0 unspecified atom stereocenters. The van der Waals surface area contributed by atoms with Crippen LogP contribution in [0.15, 0.2) is 42.7 Å². The quantitative estimate of drug-likeness (QED) is 0.612. The molecule has 1 aromatic carbocycles. The average Bonchev–Trinajstić information content (AvgIpc) is 2.69. The highest BCUT2D eigenvalue weighted by molar-refractivity contribution is 5.77. The molecule has 0 spiro atoms. The highest BCUT2D eigenvalue weighted by atomic mass is 16.6. The van der Waals surface area contributed by atoms with Crippen molar-refractivity contribution in [2.75, 3.05) is 19.7 Å². The number of nitrogens with zero attached hydrogens (tertiary/aromatic N) is 2. The SMILES string of the molecule is Cc1ccc(OCC(=O)NCCCN(Cc2cccnc2)C(=O)OC(C)(C)C)c(C)c1. The monoisotopic (exact) mass is 427 g/mol. The lowest BCUT2D eigenvalue weighted by Crippen LogP contribution is -2.38. The van der Waals surface area contributed by atoms with Crippen LogP contribution >= 0.6 is 0 Å². The molecular weight excluding hydrogens is 394 g/mol. The second-order valence-electron chi connectivity index (χ2n) is 8.52. The molecule has 0 aliphatic heterocycles. The van der Waals surface area contributed by atoms with E-state index in [1.165, 1.54) is 0 Å². The molecule has 7 heteroatoms. The number of amides is 2. The van der Waals surface area contributed by atoms with E-state index in [2.05, 4.69) is 10.3 Å². The van der Waals surface area contributed by atoms with Crippen molar-refractivity contribution >= 4 is 12.0 Å². The Bertz CT molecular complexity index is 863. The number of ether oxygens (including phenoxy) is 2. The van der Waals surface area contributed by atoms with Crippen LogP contribution in [-0.2, 0) is 16.1 Å². The topological polar surface area (TPSA) is 80.8 Å². The summed E-state index contributed by atoms with van der Waals surface area (Å²) in [6.45, 7) is 10.7. The molecule has 0 radical (unpaired) electrons. The number of carbonyl (C=O) groups excluding carboxylic acids is 2. The molecule has 0 aliphatic rings. The summed E-state index contributed by atoms with van der Waals surface area (Å²) in [5.41, 5.74) is 2.48. The standard InChI is InChI=1S/C24H33N3O4/c1-18-9-10-21(19(2)14-18)30-17-22(28)26-12-7-13-27(23(29)31-24(3,4)5)16-20-8-6-11-25-15-20/h6,8-11,14-15H,7,12-13,16-17H2,1-5H3,(H,26,28). The van der Waals surface area contributed by atoms with Gasteiger partial charge in [-0.1, -0.05) is 23.8 Å². The Balaban J connectivity index is 1.80. The molecule has 31 heavy (non-hydrogen) atoms. The maximum atomic E-state index is 12.6. The van der Waals surface area contributed by atoms with E-state index >= 15 is 0 Å². The molecule has 2 rings (SSSR count). The van der Waals surface area contributed by atoms with Crippen LogP contribution in [0, 0.1) is 13.8 Å². The molecule has 7 nitrogen and oxygen atoms in total. The van der Waals surface area contributed by atoms with Gasteiger partial charge in [0.25, 0.3) is 5.91 Å². The Morgan fingerprint density at radius 2 is 1.94 bits per heavy atom. The minimum atomic E-state index is -0.579. The smallest absolute Gasteiger partial charge is 0.410 e. The maximum Gasteiger partial charge on any atom is 0.410 e. The first-order chi connectivity index (χ1) is 14.6. The second-order valence-corrected chi connectivity index (χ2v) is 8.52. The van der Waals surface area contributed by atoms with Gasteiger partial charge in [0.2, 0.25) is 0 Å². The van der Waals surface area contributed by atoms with Gasteiger partial charge in [-0.15, -0.1) is 0 Å². The van der Waals surface area contributed by atoms with Crippen molar-refractivity contribution < 1.29 is 19.1 Å². The van der Waals surface area contributed by atoms with Gasteiger partial charge in [-0.3, -0.25) is 9.78 Å². The molecule has 2 aromatic rings. The van der Waals surface area contributed by atoms with E-state index in [0.717, 1.165) is 16.7 Å². The third-order valence-electron chi connectivity index (χ3n) is 4.36. The van der Waals surface area contributed by atoms with Crippen molar-refractivity contribution in [2.45, 2.75) is 53.2 Å². The van der Waals surface area contributed by atoms with Gasteiger partial charge in [0.05, 0.1) is 6.54 Å². The molecule has 0 atom stereocenters. The number of nitrogens with one attached hydrogen (secondary N) is 1. The number of carbonyl (C=O) groups is 2. The molecule has 0 saturated carbocycles. The fourth-order valence-corrected chi connectivity index (χ4v) is 2.93. The number of aryl methyl sites for hydroxylation is 2. The van der Waals surface area contributed by atoms with Crippen LogP contribution in [0.25, 0.3) is 0 Å². The zero-order chi connectivity index (χ0) is 22.9. The molecule has 1 aromatic heterocycles. The molecule has 2 amide bonds. The second kappa shape index (κ2) is 11.3. The van der Waals surface area contributed by atoms with Crippen molar-refractivity contribution in [2.24, 2.45) is 0 Å². The Morgan fingerprint density at radius 3 is 2.58 bits per heavy atom. The van der Waals surface area contributed by atoms with E-state index in [-0.39, 0.29) is 18.6 Å². The summed E-state index contributed by atoms with van der Waals surface area (Å²) >= 11 is 0. The fourth-order valence-electron chi connectivity index (χ4n) is 2.93. The van der Waals surface area contributed by atoms with Crippen molar-refractivity contribution in [3.05, 3.63) is 59.4 Å². The predicted molar refractivity (Wildman–Crippen MR) is 120 cm³/mol. The molecule has 0 aliphatic carbocycles. The number of rotatable bonds is 9. The summed E-state index contributed by atoms with van der Waals surface area (Å²) in [5.74, 6) is 0.504. The average molecular weight is 428 g/mol. The third kappa shape index (κ3) is 9.07. The molecule has 0 fully saturated rings. The summed E-state index contributed by atoms with van der Waals surface area (Å²) in [6.07, 6.45) is 3.62. The van der Waals surface area contributed by atoms with Gasteiger partial charge in [0, 0.05) is 25.5 Å². The van der Waals surface area contributed by atoms with Gasteiger partial charge in [0.15, 0.2) is 6.61 Å². The van der Waals surface area contributed by atoms with Gasteiger partial charge in [-0.05, 0) is 64.3 Å². The van der Waals surface area contributed by atoms with Crippen LogP contribution in [0.2, 0.25) is 0 Å². The van der Waals surface area contributed by atoms with Gasteiger partial charge in [0.1, 0.15) is 11.4 Å². The fraction of sp³-hybridized carbons (Fsp3) is 0.458. The van der Waals surface area contributed by atoms with Crippen LogP contribution in [-0.4, -0.2) is 47.2 Å². The number of pyridine rings is 1.